The molecule has 1 saturated carbocycles. The summed E-state index contributed by atoms with van der Waals surface area (Å²) in [5.74, 6) is 0.717. The number of hydrogen-bond donors (Lipinski definition) is 0. The summed E-state index contributed by atoms with van der Waals surface area (Å²) in [4.78, 5) is 15.5. The summed E-state index contributed by atoms with van der Waals surface area (Å²) in [6.45, 7) is 5.60. The topological polar surface area (TPSA) is 34.5 Å². The molecular formula is C27H32N2O2S2. The van der Waals surface area contributed by atoms with Crippen LogP contribution in [-0.4, -0.2) is 39.0 Å². The fourth-order valence-electron chi connectivity index (χ4n) is 5.45. The van der Waals surface area contributed by atoms with E-state index in [9.17, 15) is 4.79 Å². The summed E-state index contributed by atoms with van der Waals surface area (Å²) in [5, 5.41) is 0. The number of ether oxygens (including phenoxy) is 1. The summed E-state index contributed by atoms with van der Waals surface area (Å²) < 4.78 is 8.63. The molecule has 0 N–H and O–H groups in total. The average molecular weight is 481 g/mol. The van der Waals surface area contributed by atoms with Gasteiger partial charge < -0.3 is 9.30 Å². The van der Waals surface area contributed by atoms with E-state index < -0.39 is 0 Å². The quantitative estimate of drug-likeness (QED) is 0.360. The van der Waals surface area contributed by atoms with Crippen LogP contribution in [-0.2, 0) is 9.53 Å². The Morgan fingerprint density at radius 3 is 2.55 bits per heavy atom. The molecule has 0 radical (unpaired) electrons. The molecule has 2 aromatic rings. The Labute approximate surface area is 206 Å². The molecule has 0 spiro atoms. The van der Waals surface area contributed by atoms with Gasteiger partial charge in [-0.25, -0.2) is 0 Å². The molecule has 2 aliphatic heterocycles. The van der Waals surface area contributed by atoms with Crippen LogP contribution in [0.25, 0.3) is 11.8 Å². The van der Waals surface area contributed by atoms with E-state index in [2.05, 4.69) is 48.7 Å². The molecule has 6 heteroatoms. The first kappa shape index (κ1) is 22.9. The summed E-state index contributed by atoms with van der Waals surface area (Å²) in [6, 6.07) is 11.3. The molecule has 0 unspecified atom stereocenters. The van der Waals surface area contributed by atoms with Gasteiger partial charge in [0, 0.05) is 23.7 Å². The minimum absolute atomic E-state index is 0.00198. The highest BCUT2D eigenvalue weighted by atomic mass is 32.2. The maximum atomic E-state index is 13.1. The van der Waals surface area contributed by atoms with E-state index >= 15 is 0 Å². The summed E-state index contributed by atoms with van der Waals surface area (Å²) in [5.41, 5.74) is 6.02. The van der Waals surface area contributed by atoms with Gasteiger partial charge in [-0.1, -0.05) is 55.4 Å². The van der Waals surface area contributed by atoms with Crippen molar-refractivity contribution in [3.63, 3.8) is 0 Å². The fraction of sp³-hybridized carbons (Fsp3) is 0.481. The van der Waals surface area contributed by atoms with Crippen LogP contribution in [0.3, 0.4) is 0 Å². The SMILES string of the molecule is Cc1cc(/C=C2\SC(=S)N(C[C@H]3CCCO3)C2=O)c(C)n1-c1ccc(C2CCCCC2)cc1. The predicted molar refractivity (Wildman–Crippen MR) is 140 cm³/mol. The Morgan fingerprint density at radius 1 is 1.09 bits per heavy atom. The molecule has 4 nitrogen and oxygen atoms in total. The van der Waals surface area contributed by atoms with Crippen LogP contribution in [0.1, 0.15) is 73.4 Å². The van der Waals surface area contributed by atoms with Crippen LogP contribution in [0.4, 0.5) is 0 Å². The van der Waals surface area contributed by atoms with Crippen molar-refractivity contribution in [3.8, 4) is 5.69 Å². The zero-order valence-electron chi connectivity index (χ0n) is 19.5. The molecule has 3 fully saturated rings. The number of benzene rings is 1. The zero-order valence-corrected chi connectivity index (χ0v) is 21.1. The van der Waals surface area contributed by atoms with Crippen molar-refractivity contribution in [2.75, 3.05) is 13.2 Å². The van der Waals surface area contributed by atoms with Gasteiger partial charge in [0.05, 0.1) is 17.6 Å². The molecule has 1 aromatic heterocycles. The van der Waals surface area contributed by atoms with Crippen molar-refractivity contribution in [2.24, 2.45) is 0 Å². The lowest BCUT2D eigenvalue weighted by molar-refractivity contribution is -0.123. The first-order chi connectivity index (χ1) is 16.0. The molecule has 3 aliphatic rings. The lowest BCUT2D eigenvalue weighted by Gasteiger charge is -2.22. The van der Waals surface area contributed by atoms with Gasteiger partial charge in [-0.2, -0.15) is 0 Å². The number of thiocarbonyl (C=S) groups is 1. The van der Waals surface area contributed by atoms with Crippen molar-refractivity contribution in [1.82, 2.24) is 9.47 Å². The minimum Gasteiger partial charge on any atom is -0.376 e. The van der Waals surface area contributed by atoms with Gasteiger partial charge in [0.1, 0.15) is 4.32 Å². The predicted octanol–water partition coefficient (Wildman–Crippen LogP) is 6.52. The molecular weight excluding hydrogens is 448 g/mol. The molecule has 1 aliphatic carbocycles. The highest BCUT2D eigenvalue weighted by molar-refractivity contribution is 8.26. The number of aryl methyl sites for hydroxylation is 1. The average Bonchev–Trinajstić information content (AvgIpc) is 3.51. The first-order valence-electron chi connectivity index (χ1n) is 12.2. The lowest BCUT2D eigenvalue weighted by Crippen LogP contribution is -2.35. The molecule has 1 amide bonds. The number of carbonyl (C=O) groups is 1. The van der Waals surface area contributed by atoms with E-state index in [4.69, 9.17) is 17.0 Å². The van der Waals surface area contributed by atoms with Gasteiger partial charge in [-0.3, -0.25) is 9.69 Å². The Balaban J connectivity index is 1.36. The number of nitrogens with zero attached hydrogens (tertiary/aromatic N) is 2. The molecule has 174 valence electrons. The number of thioether (sulfide) groups is 1. The molecule has 33 heavy (non-hydrogen) atoms. The van der Waals surface area contributed by atoms with E-state index in [0.717, 1.165) is 30.7 Å². The second-order valence-electron chi connectivity index (χ2n) is 9.52. The maximum Gasteiger partial charge on any atom is 0.266 e. The Bertz CT molecular complexity index is 1070. The van der Waals surface area contributed by atoms with Crippen LogP contribution in [0, 0.1) is 13.8 Å². The third-order valence-electron chi connectivity index (χ3n) is 7.27. The molecule has 2 saturated heterocycles. The van der Waals surface area contributed by atoms with Crippen LogP contribution >= 0.6 is 24.0 Å². The molecule has 5 rings (SSSR count). The largest absolute Gasteiger partial charge is 0.376 e. The first-order valence-corrected chi connectivity index (χ1v) is 13.4. The number of amides is 1. The molecule has 1 atom stereocenters. The zero-order chi connectivity index (χ0) is 22.9. The molecule has 0 bridgehead atoms. The molecule has 1 aromatic carbocycles. The van der Waals surface area contributed by atoms with Gasteiger partial charge in [-0.05, 0) is 80.9 Å². The van der Waals surface area contributed by atoms with Crippen molar-refractivity contribution < 1.29 is 9.53 Å². The number of carbonyl (C=O) groups excluding carboxylic acids is 1. The summed E-state index contributed by atoms with van der Waals surface area (Å²) in [7, 11) is 0. The number of hydrogen-bond acceptors (Lipinski definition) is 4. The number of rotatable bonds is 5. The smallest absolute Gasteiger partial charge is 0.266 e. The Kier molecular flexibility index (Phi) is 6.77. The van der Waals surface area contributed by atoms with Crippen LogP contribution in [0.2, 0.25) is 0 Å². The third kappa shape index (κ3) is 4.71. The van der Waals surface area contributed by atoms with Gasteiger partial charge >= 0.3 is 0 Å². The van der Waals surface area contributed by atoms with Crippen molar-refractivity contribution >= 4 is 40.3 Å². The van der Waals surface area contributed by atoms with Gasteiger partial charge in [0.15, 0.2) is 0 Å². The van der Waals surface area contributed by atoms with E-state index in [-0.39, 0.29) is 12.0 Å². The van der Waals surface area contributed by atoms with E-state index in [1.54, 1.807) is 4.90 Å². The monoisotopic (exact) mass is 480 g/mol. The van der Waals surface area contributed by atoms with Gasteiger partial charge in [0.2, 0.25) is 0 Å². The van der Waals surface area contributed by atoms with E-state index in [1.807, 2.05) is 6.08 Å². The Hall–Kier alpha value is -1.89. The second-order valence-corrected chi connectivity index (χ2v) is 11.2. The second kappa shape index (κ2) is 9.77. The lowest BCUT2D eigenvalue weighted by atomic mass is 9.84. The normalized spacial score (nSPS) is 23.3. The van der Waals surface area contributed by atoms with E-state index in [1.165, 1.54) is 60.8 Å². The van der Waals surface area contributed by atoms with Gasteiger partial charge in [0.25, 0.3) is 5.91 Å². The fourth-order valence-corrected chi connectivity index (χ4v) is 6.72. The highest BCUT2D eigenvalue weighted by Crippen LogP contribution is 2.36. The minimum atomic E-state index is 0.00198. The highest BCUT2D eigenvalue weighted by Gasteiger charge is 2.34. The van der Waals surface area contributed by atoms with Gasteiger partial charge in [-0.15, -0.1) is 0 Å². The third-order valence-corrected chi connectivity index (χ3v) is 8.65. The standard InChI is InChI=1S/C27H32N2O2S2/c1-18-15-22(16-25-26(30)28(27(32)33-25)17-24-9-6-14-31-24)19(2)29(18)23-12-10-21(11-13-23)20-7-4-3-5-8-20/h10-13,15-16,20,24H,3-9,14,17H2,1-2H3/b25-16-/t24-/m1/s1. The number of aromatic nitrogens is 1. The van der Waals surface area contributed by atoms with Crippen molar-refractivity contribution in [3.05, 3.63) is 57.8 Å². The van der Waals surface area contributed by atoms with Crippen LogP contribution in [0.15, 0.2) is 35.2 Å². The Morgan fingerprint density at radius 2 is 1.85 bits per heavy atom. The molecule has 3 heterocycles. The van der Waals surface area contributed by atoms with Crippen molar-refractivity contribution in [1.29, 1.82) is 0 Å². The van der Waals surface area contributed by atoms with Crippen LogP contribution < -0.4 is 0 Å². The van der Waals surface area contributed by atoms with E-state index in [0.29, 0.717) is 21.7 Å². The summed E-state index contributed by atoms with van der Waals surface area (Å²) >= 11 is 6.92. The maximum absolute atomic E-state index is 13.1. The van der Waals surface area contributed by atoms with Crippen molar-refractivity contribution in [2.45, 2.75) is 70.8 Å². The summed E-state index contributed by atoms with van der Waals surface area (Å²) in [6.07, 6.45) is 10.9. The van der Waals surface area contributed by atoms with Crippen LogP contribution in [0.5, 0.6) is 0 Å².